The third-order valence-corrected chi connectivity index (χ3v) is 8.51. The van der Waals surface area contributed by atoms with E-state index in [1.807, 2.05) is 39.8 Å². The second-order valence-corrected chi connectivity index (χ2v) is 11.1. The maximum absolute atomic E-state index is 13.7. The van der Waals surface area contributed by atoms with Crippen LogP contribution in [0.5, 0.6) is 0 Å². The zero-order valence-electron chi connectivity index (χ0n) is 20.3. The van der Waals surface area contributed by atoms with Crippen molar-refractivity contribution in [1.29, 1.82) is 0 Å². The molecule has 3 aromatic rings. The van der Waals surface area contributed by atoms with Crippen LogP contribution in [0.15, 0.2) is 65.6 Å². The second-order valence-electron chi connectivity index (χ2n) is 9.21. The standard InChI is InChI=1S/C28H32N2O3S/c1-19-11-15-26(16-12-19)34(32,33)30(27-10-5-7-20(2)21(27)3)18-28(31)29-22(4)24-14-13-23-8-6-9-25(23)17-24/h5,7,10-17,22H,6,8-9,18H2,1-4H3,(H,29,31)/t22-/m0/s1. The summed E-state index contributed by atoms with van der Waals surface area (Å²) in [7, 11) is -3.94. The molecule has 0 aliphatic heterocycles. The Balaban J connectivity index is 1.62. The molecule has 1 aliphatic carbocycles. The number of anilines is 1. The highest BCUT2D eigenvalue weighted by Gasteiger charge is 2.29. The molecule has 0 radical (unpaired) electrons. The van der Waals surface area contributed by atoms with Crippen LogP contribution in [0, 0.1) is 20.8 Å². The summed E-state index contributed by atoms with van der Waals surface area (Å²) in [4.78, 5) is 13.3. The molecule has 0 heterocycles. The predicted octanol–water partition coefficient (Wildman–Crippen LogP) is 5.17. The quantitative estimate of drug-likeness (QED) is 0.511. The molecular formula is C28H32N2O3S. The SMILES string of the molecule is Cc1ccc(S(=O)(=O)N(CC(=O)N[C@@H](C)c2ccc3c(c2)CCC3)c2cccc(C)c2C)cc1. The Bertz CT molecular complexity index is 1310. The molecule has 178 valence electrons. The molecule has 34 heavy (non-hydrogen) atoms. The zero-order valence-corrected chi connectivity index (χ0v) is 21.1. The number of benzene rings is 3. The highest BCUT2D eigenvalue weighted by molar-refractivity contribution is 7.92. The van der Waals surface area contributed by atoms with Crippen molar-refractivity contribution >= 4 is 21.6 Å². The van der Waals surface area contributed by atoms with E-state index in [1.54, 1.807) is 30.3 Å². The van der Waals surface area contributed by atoms with E-state index in [2.05, 4.69) is 23.5 Å². The summed E-state index contributed by atoms with van der Waals surface area (Å²) in [5.41, 5.74) is 7.05. The average Bonchev–Trinajstić information content (AvgIpc) is 3.28. The fraction of sp³-hybridized carbons (Fsp3) is 0.321. The van der Waals surface area contributed by atoms with Gasteiger partial charge >= 0.3 is 0 Å². The Hall–Kier alpha value is -3.12. The third kappa shape index (κ3) is 4.87. The van der Waals surface area contributed by atoms with Crippen LogP contribution in [0.1, 0.15) is 52.8 Å². The van der Waals surface area contributed by atoms with Crippen LogP contribution in [0.3, 0.4) is 0 Å². The molecule has 0 saturated heterocycles. The van der Waals surface area contributed by atoms with Gasteiger partial charge in [-0.2, -0.15) is 0 Å². The maximum atomic E-state index is 13.7. The number of carbonyl (C=O) groups is 1. The molecule has 0 unspecified atom stereocenters. The van der Waals surface area contributed by atoms with Crippen molar-refractivity contribution in [3.8, 4) is 0 Å². The highest BCUT2D eigenvalue weighted by atomic mass is 32.2. The fourth-order valence-electron chi connectivity index (χ4n) is 4.50. The monoisotopic (exact) mass is 476 g/mol. The van der Waals surface area contributed by atoms with Gasteiger partial charge in [-0.25, -0.2) is 8.42 Å². The topological polar surface area (TPSA) is 66.5 Å². The molecule has 0 fully saturated rings. The first kappa shape index (κ1) is 24.0. The normalized spacial score (nSPS) is 13.9. The molecule has 6 heteroatoms. The number of aryl methyl sites for hydroxylation is 4. The van der Waals surface area contributed by atoms with Crippen LogP contribution in [0.2, 0.25) is 0 Å². The summed E-state index contributed by atoms with van der Waals surface area (Å²) in [6, 6.07) is 18.4. The Morgan fingerprint density at radius 2 is 1.68 bits per heavy atom. The lowest BCUT2D eigenvalue weighted by Crippen LogP contribution is -2.42. The Morgan fingerprint density at radius 1 is 0.971 bits per heavy atom. The van der Waals surface area contributed by atoms with Gasteiger partial charge in [0.2, 0.25) is 5.91 Å². The van der Waals surface area contributed by atoms with Gasteiger partial charge in [-0.1, -0.05) is 48.0 Å². The lowest BCUT2D eigenvalue weighted by molar-refractivity contribution is -0.120. The van der Waals surface area contributed by atoms with Gasteiger partial charge in [0.15, 0.2) is 0 Å². The van der Waals surface area contributed by atoms with E-state index < -0.39 is 10.0 Å². The van der Waals surface area contributed by atoms with Crippen LogP contribution in [0.25, 0.3) is 0 Å². The van der Waals surface area contributed by atoms with Gasteiger partial charge in [0.1, 0.15) is 6.54 Å². The molecule has 4 rings (SSSR count). The van der Waals surface area contributed by atoms with E-state index in [-0.39, 0.29) is 23.4 Å². The van der Waals surface area contributed by atoms with Crippen molar-refractivity contribution in [3.05, 3.63) is 94.0 Å². The number of hydrogen-bond donors (Lipinski definition) is 1. The fourth-order valence-corrected chi connectivity index (χ4v) is 5.98. The number of fused-ring (bicyclic) bond motifs is 1. The van der Waals surface area contributed by atoms with Crippen molar-refractivity contribution in [2.75, 3.05) is 10.8 Å². The molecule has 0 spiro atoms. The summed E-state index contributed by atoms with van der Waals surface area (Å²) < 4.78 is 28.6. The largest absolute Gasteiger partial charge is 0.348 e. The lowest BCUT2D eigenvalue weighted by Gasteiger charge is -2.27. The average molecular weight is 477 g/mol. The van der Waals surface area contributed by atoms with Crippen LogP contribution in [-0.2, 0) is 27.7 Å². The van der Waals surface area contributed by atoms with Crippen LogP contribution in [0.4, 0.5) is 5.69 Å². The lowest BCUT2D eigenvalue weighted by atomic mass is 10.0. The molecule has 1 aliphatic rings. The number of amides is 1. The number of rotatable bonds is 7. The molecule has 3 aromatic carbocycles. The van der Waals surface area contributed by atoms with E-state index in [1.165, 1.54) is 21.9 Å². The Morgan fingerprint density at radius 3 is 2.41 bits per heavy atom. The van der Waals surface area contributed by atoms with E-state index in [0.717, 1.165) is 35.1 Å². The molecule has 1 amide bonds. The van der Waals surface area contributed by atoms with Crippen LogP contribution >= 0.6 is 0 Å². The van der Waals surface area contributed by atoms with Crippen molar-refractivity contribution in [1.82, 2.24) is 5.32 Å². The smallest absolute Gasteiger partial charge is 0.264 e. The summed E-state index contributed by atoms with van der Waals surface area (Å²) in [5.74, 6) is -0.343. The van der Waals surface area contributed by atoms with Crippen molar-refractivity contribution < 1.29 is 13.2 Å². The minimum atomic E-state index is -3.94. The van der Waals surface area contributed by atoms with Gasteiger partial charge < -0.3 is 5.32 Å². The van der Waals surface area contributed by atoms with Crippen molar-refractivity contribution in [2.45, 2.75) is 57.9 Å². The molecule has 0 saturated carbocycles. The Kier molecular flexibility index (Phi) is 6.80. The van der Waals surface area contributed by atoms with E-state index in [4.69, 9.17) is 0 Å². The van der Waals surface area contributed by atoms with Gasteiger partial charge in [0.25, 0.3) is 10.0 Å². The van der Waals surface area contributed by atoms with Crippen molar-refractivity contribution in [2.24, 2.45) is 0 Å². The molecular weight excluding hydrogens is 444 g/mol. The third-order valence-electron chi connectivity index (χ3n) is 6.74. The summed E-state index contributed by atoms with van der Waals surface area (Å²) in [5, 5.41) is 3.01. The van der Waals surface area contributed by atoms with Crippen molar-refractivity contribution in [3.63, 3.8) is 0 Å². The van der Waals surface area contributed by atoms with Gasteiger partial charge in [0.05, 0.1) is 16.6 Å². The first-order chi connectivity index (χ1) is 16.2. The Labute approximate surface area is 202 Å². The number of hydrogen-bond acceptors (Lipinski definition) is 3. The summed E-state index contributed by atoms with van der Waals surface area (Å²) in [6.45, 7) is 7.37. The first-order valence-electron chi connectivity index (χ1n) is 11.7. The zero-order chi connectivity index (χ0) is 24.5. The van der Waals surface area contributed by atoms with Crippen LogP contribution < -0.4 is 9.62 Å². The number of nitrogens with zero attached hydrogens (tertiary/aromatic N) is 1. The molecule has 5 nitrogen and oxygen atoms in total. The molecule has 0 aromatic heterocycles. The minimum absolute atomic E-state index is 0.165. The molecule has 1 atom stereocenters. The van der Waals surface area contributed by atoms with Crippen LogP contribution in [-0.4, -0.2) is 20.9 Å². The molecule has 0 bridgehead atoms. The van der Waals surface area contributed by atoms with E-state index in [0.29, 0.717) is 5.69 Å². The van der Waals surface area contributed by atoms with E-state index >= 15 is 0 Å². The number of sulfonamides is 1. The van der Waals surface area contributed by atoms with Gasteiger partial charge in [-0.3, -0.25) is 9.10 Å². The summed E-state index contributed by atoms with van der Waals surface area (Å²) >= 11 is 0. The van der Waals surface area contributed by atoms with Gasteiger partial charge in [-0.15, -0.1) is 0 Å². The molecule has 1 N–H and O–H groups in total. The predicted molar refractivity (Wildman–Crippen MR) is 137 cm³/mol. The minimum Gasteiger partial charge on any atom is -0.348 e. The first-order valence-corrected chi connectivity index (χ1v) is 13.2. The number of carbonyl (C=O) groups excluding carboxylic acids is 1. The number of nitrogens with one attached hydrogen (secondary N) is 1. The second kappa shape index (κ2) is 9.63. The van der Waals surface area contributed by atoms with E-state index in [9.17, 15) is 13.2 Å². The van der Waals surface area contributed by atoms with Gasteiger partial charge in [0, 0.05) is 0 Å². The summed E-state index contributed by atoms with van der Waals surface area (Å²) in [6.07, 6.45) is 3.35. The van der Waals surface area contributed by atoms with Gasteiger partial charge in [-0.05, 0) is 93.0 Å². The maximum Gasteiger partial charge on any atom is 0.264 e. The highest BCUT2D eigenvalue weighted by Crippen LogP contribution is 2.29.